The second-order valence-electron chi connectivity index (χ2n) is 6.16. The summed E-state index contributed by atoms with van der Waals surface area (Å²) in [6, 6.07) is 8.99. The Morgan fingerprint density at radius 3 is 2.70 bits per heavy atom. The molecule has 4 rings (SSSR count). The van der Waals surface area contributed by atoms with Crippen molar-refractivity contribution in [2.45, 2.75) is 6.42 Å². The fraction of sp³-hybridized carbons (Fsp3) is 0.150. The average Bonchev–Trinajstić information content (AvgIpc) is 3.31. The zero-order chi connectivity index (χ0) is 20.4. The van der Waals surface area contributed by atoms with E-state index in [4.69, 9.17) is 21.1 Å². The van der Waals surface area contributed by atoms with Crippen LogP contribution >= 0.6 is 35.3 Å². The van der Waals surface area contributed by atoms with Gasteiger partial charge in [0.05, 0.1) is 31.4 Å². The van der Waals surface area contributed by atoms with E-state index in [2.05, 4.69) is 15.3 Å². The highest BCUT2D eigenvalue weighted by molar-refractivity contribution is 7.15. The van der Waals surface area contributed by atoms with E-state index in [1.165, 1.54) is 17.5 Å². The maximum atomic E-state index is 12.4. The van der Waals surface area contributed by atoms with Crippen molar-refractivity contribution in [3.8, 4) is 22.8 Å². The lowest BCUT2D eigenvalue weighted by atomic mass is 10.1. The highest BCUT2D eigenvalue weighted by atomic mass is 35.5. The van der Waals surface area contributed by atoms with Crippen molar-refractivity contribution < 1.29 is 14.3 Å². The lowest BCUT2D eigenvalue weighted by molar-refractivity contribution is -0.115. The third-order valence-corrected chi connectivity index (χ3v) is 5.41. The van der Waals surface area contributed by atoms with E-state index in [9.17, 15) is 4.79 Å². The van der Waals surface area contributed by atoms with Gasteiger partial charge in [-0.25, -0.2) is 9.97 Å². The molecule has 0 aliphatic rings. The first-order chi connectivity index (χ1) is 14.1. The quantitative estimate of drug-likeness (QED) is 0.446. The maximum absolute atomic E-state index is 12.4. The van der Waals surface area contributed by atoms with Crippen LogP contribution < -0.4 is 14.8 Å². The molecule has 1 amide bonds. The van der Waals surface area contributed by atoms with Crippen molar-refractivity contribution in [1.29, 1.82) is 0 Å². The minimum absolute atomic E-state index is 0. The Labute approximate surface area is 188 Å². The molecule has 7 nitrogen and oxygen atoms in total. The fourth-order valence-corrected chi connectivity index (χ4v) is 3.88. The van der Waals surface area contributed by atoms with Gasteiger partial charge in [0.1, 0.15) is 5.82 Å². The molecule has 0 aliphatic heterocycles. The molecule has 0 unspecified atom stereocenters. The van der Waals surface area contributed by atoms with Gasteiger partial charge in [0.25, 0.3) is 0 Å². The highest BCUT2D eigenvalue weighted by Crippen LogP contribution is 2.32. The summed E-state index contributed by atoms with van der Waals surface area (Å²) in [7, 11) is 3.20. The van der Waals surface area contributed by atoms with Crippen LogP contribution in [0.1, 0.15) is 5.69 Å². The van der Waals surface area contributed by atoms with Gasteiger partial charge < -0.3 is 14.8 Å². The molecule has 0 aliphatic carbocycles. The number of thiazole rings is 1. The highest BCUT2D eigenvalue weighted by Gasteiger charge is 2.14. The number of hydrogen-bond acceptors (Lipinski definition) is 6. The summed E-state index contributed by atoms with van der Waals surface area (Å²) in [5.74, 6) is 1.59. The van der Waals surface area contributed by atoms with Gasteiger partial charge in [-0.05, 0) is 30.3 Å². The van der Waals surface area contributed by atoms with Crippen molar-refractivity contribution in [2.75, 3.05) is 19.5 Å². The van der Waals surface area contributed by atoms with Crippen LogP contribution in [0.15, 0.2) is 48.1 Å². The van der Waals surface area contributed by atoms with Crippen LogP contribution in [0.3, 0.4) is 0 Å². The molecule has 156 valence electrons. The average molecular weight is 465 g/mol. The predicted molar refractivity (Wildman–Crippen MR) is 120 cm³/mol. The van der Waals surface area contributed by atoms with E-state index in [0.29, 0.717) is 22.3 Å². The number of nitrogens with zero attached hydrogens (tertiary/aromatic N) is 3. The number of halogens is 2. The number of amides is 1. The van der Waals surface area contributed by atoms with Crippen LogP contribution in [0.25, 0.3) is 16.2 Å². The molecule has 30 heavy (non-hydrogen) atoms. The zero-order valence-electron chi connectivity index (χ0n) is 16.1. The van der Waals surface area contributed by atoms with Gasteiger partial charge in [0.15, 0.2) is 16.5 Å². The minimum Gasteiger partial charge on any atom is -0.493 e. The van der Waals surface area contributed by atoms with Crippen LogP contribution in [0.5, 0.6) is 11.5 Å². The lowest BCUT2D eigenvalue weighted by Crippen LogP contribution is -2.16. The Morgan fingerprint density at radius 1 is 1.20 bits per heavy atom. The van der Waals surface area contributed by atoms with E-state index in [0.717, 1.165) is 21.9 Å². The van der Waals surface area contributed by atoms with E-state index in [1.54, 1.807) is 26.4 Å². The summed E-state index contributed by atoms with van der Waals surface area (Å²) in [6.07, 6.45) is 3.60. The first-order valence-electron chi connectivity index (χ1n) is 8.66. The van der Waals surface area contributed by atoms with Crippen molar-refractivity contribution in [3.05, 3.63) is 58.8 Å². The molecular formula is C20H18Cl2N4O3S. The summed E-state index contributed by atoms with van der Waals surface area (Å²) in [5.41, 5.74) is 2.54. The van der Waals surface area contributed by atoms with Gasteiger partial charge in [0, 0.05) is 29.0 Å². The molecule has 3 heterocycles. The number of methoxy groups -OCH3 is 2. The van der Waals surface area contributed by atoms with Crippen LogP contribution in [0, 0.1) is 0 Å². The molecule has 0 fully saturated rings. The number of nitrogens with one attached hydrogen (secondary N) is 1. The van der Waals surface area contributed by atoms with Crippen LogP contribution in [0.4, 0.5) is 5.82 Å². The molecule has 3 aromatic heterocycles. The second kappa shape index (κ2) is 9.34. The standard InChI is InChI=1S/C20H17ClN4O3S.ClH/c1-27-16-5-3-12(7-17(16)28-2)15-10-25-14(11-29-20(25)23-15)8-19(26)24-18-6-4-13(21)9-22-18;/h3-7,9-11H,8H2,1-2H3,(H,22,24,26);1H. The fourth-order valence-electron chi connectivity index (χ4n) is 2.89. The predicted octanol–water partition coefficient (Wildman–Crippen LogP) is 4.73. The molecule has 0 saturated carbocycles. The summed E-state index contributed by atoms with van der Waals surface area (Å²) in [6.45, 7) is 0. The SMILES string of the molecule is COc1ccc(-c2cn3c(CC(=O)Nc4ccc(Cl)cn4)csc3n2)cc1OC.Cl. The van der Waals surface area contributed by atoms with Crippen molar-refractivity contribution in [1.82, 2.24) is 14.4 Å². The van der Waals surface area contributed by atoms with Gasteiger partial charge in [-0.1, -0.05) is 11.6 Å². The number of ether oxygens (including phenoxy) is 2. The molecule has 10 heteroatoms. The van der Waals surface area contributed by atoms with Crippen molar-refractivity contribution >= 4 is 52.0 Å². The zero-order valence-corrected chi connectivity index (χ0v) is 18.5. The van der Waals surface area contributed by atoms with Crippen molar-refractivity contribution in [2.24, 2.45) is 0 Å². The Bertz CT molecular complexity index is 1170. The first-order valence-corrected chi connectivity index (χ1v) is 9.92. The number of fused-ring (bicyclic) bond motifs is 1. The molecular weight excluding hydrogens is 447 g/mol. The lowest BCUT2D eigenvalue weighted by Gasteiger charge is -2.08. The number of carbonyl (C=O) groups excluding carboxylic acids is 1. The van der Waals surface area contributed by atoms with E-state index in [-0.39, 0.29) is 24.7 Å². The summed E-state index contributed by atoms with van der Waals surface area (Å²) in [5, 5.41) is 5.21. The number of pyridine rings is 1. The number of anilines is 1. The van der Waals surface area contributed by atoms with Crippen LogP contribution in [0.2, 0.25) is 5.02 Å². The van der Waals surface area contributed by atoms with Crippen molar-refractivity contribution in [3.63, 3.8) is 0 Å². The smallest absolute Gasteiger partial charge is 0.231 e. The summed E-state index contributed by atoms with van der Waals surface area (Å²) in [4.78, 5) is 21.9. The Morgan fingerprint density at radius 2 is 2.00 bits per heavy atom. The third-order valence-electron chi connectivity index (χ3n) is 4.30. The number of benzene rings is 1. The molecule has 0 bridgehead atoms. The van der Waals surface area contributed by atoms with Gasteiger partial charge in [0.2, 0.25) is 5.91 Å². The number of hydrogen-bond donors (Lipinski definition) is 1. The molecule has 1 N–H and O–H groups in total. The largest absolute Gasteiger partial charge is 0.493 e. The normalized spacial score (nSPS) is 10.5. The number of imidazole rings is 1. The summed E-state index contributed by atoms with van der Waals surface area (Å²) >= 11 is 7.30. The molecule has 0 spiro atoms. The van der Waals surface area contributed by atoms with E-state index < -0.39 is 0 Å². The topological polar surface area (TPSA) is 77.8 Å². The maximum Gasteiger partial charge on any atom is 0.231 e. The molecule has 1 aromatic carbocycles. The van der Waals surface area contributed by atoms with E-state index in [1.807, 2.05) is 34.2 Å². The Hall–Kier alpha value is -2.81. The molecule has 0 saturated heterocycles. The first kappa shape index (κ1) is 21.9. The Balaban J connectivity index is 0.00000256. The van der Waals surface area contributed by atoms with Gasteiger partial charge in [-0.3, -0.25) is 9.20 Å². The van der Waals surface area contributed by atoms with Crippen LogP contribution in [-0.4, -0.2) is 34.5 Å². The number of rotatable bonds is 6. The second-order valence-corrected chi connectivity index (χ2v) is 7.44. The monoisotopic (exact) mass is 464 g/mol. The van der Waals surface area contributed by atoms with Crippen LogP contribution in [-0.2, 0) is 11.2 Å². The molecule has 0 atom stereocenters. The number of aromatic nitrogens is 3. The minimum atomic E-state index is -0.166. The van der Waals surface area contributed by atoms with Gasteiger partial charge >= 0.3 is 0 Å². The molecule has 0 radical (unpaired) electrons. The van der Waals surface area contributed by atoms with Gasteiger partial charge in [-0.15, -0.1) is 23.7 Å². The molecule has 4 aromatic rings. The number of carbonyl (C=O) groups is 1. The third kappa shape index (κ3) is 4.51. The van der Waals surface area contributed by atoms with Gasteiger partial charge in [-0.2, -0.15) is 0 Å². The Kier molecular flexibility index (Phi) is 6.81. The van der Waals surface area contributed by atoms with E-state index >= 15 is 0 Å². The summed E-state index contributed by atoms with van der Waals surface area (Å²) < 4.78 is 12.6.